The van der Waals surface area contributed by atoms with Gasteiger partial charge in [0, 0.05) is 38.5 Å². The van der Waals surface area contributed by atoms with Crippen molar-refractivity contribution in [3.63, 3.8) is 0 Å². The van der Waals surface area contributed by atoms with Crippen LogP contribution in [0, 0.1) is 0 Å². The summed E-state index contributed by atoms with van der Waals surface area (Å²) in [4.78, 5) is 0. The molecule has 0 atom stereocenters. The van der Waals surface area contributed by atoms with E-state index in [1.165, 1.54) is 43.7 Å². The Kier molecular flexibility index (Phi) is 5.20. The summed E-state index contributed by atoms with van der Waals surface area (Å²) in [6, 6.07) is 53.6. The predicted octanol–water partition coefficient (Wildman–Crippen LogP) is 11.2. The zero-order valence-corrected chi connectivity index (χ0v) is 23.3. The van der Waals surface area contributed by atoms with Crippen molar-refractivity contribution in [3.05, 3.63) is 152 Å². The van der Waals surface area contributed by atoms with Crippen LogP contribution in [0.25, 0.3) is 71.3 Å². The molecular formula is C40H26N2O. The van der Waals surface area contributed by atoms with Crippen LogP contribution in [0.3, 0.4) is 0 Å². The van der Waals surface area contributed by atoms with Gasteiger partial charge in [-0.1, -0.05) is 109 Å². The third kappa shape index (κ3) is 3.68. The van der Waals surface area contributed by atoms with Gasteiger partial charge in [-0.15, -0.1) is 0 Å². The number of benzene rings is 7. The molecule has 7 aromatic carbocycles. The minimum Gasteiger partial charge on any atom is -0.454 e. The topological polar surface area (TPSA) is 30.1 Å². The van der Waals surface area contributed by atoms with Gasteiger partial charge in [0.15, 0.2) is 5.58 Å². The van der Waals surface area contributed by atoms with E-state index < -0.39 is 0 Å². The van der Waals surface area contributed by atoms with E-state index in [9.17, 15) is 0 Å². The molecule has 0 amide bonds. The highest BCUT2D eigenvalue weighted by Crippen LogP contribution is 2.41. The van der Waals surface area contributed by atoms with Crippen molar-refractivity contribution in [1.82, 2.24) is 4.57 Å². The minimum absolute atomic E-state index is 0.876. The summed E-state index contributed by atoms with van der Waals surface area (Å²) >= 11 is 0. The van der Waals surface area contributed by atoms with Gasteiger partial charge in [0.05, 0.1) is 16.7 Å². The number of hydrogen-bond acceptors (Lipinski definition) is 2. The molecule has 0 fully saturated rings. The van der Waals surface area contributed by atoms with Gasteiger partial charge in [0.25, 0.3) is 0 Å². The van der Waals surface area contributed by atoms with Crippen LogP contribution in [0.15, 0.2) is 156 Å². The van der Waals surface area contributed by atoms with Crippen molar-refractivity contribution in [1.29, 1.82) is 0 Å². The highest BCUT2D eigenvalue weighted by atomic mass is 16.3. The minimum atomic E-state index is 0.876. The van der Waals surface area contributed by atoms with Crippen LogP contribution < -0.4 is 5.32 Å². The fraction of sp³-hybridized carbons (Fsp3) is 0. The Balaban J connectivity index is 1.18. The SMILES string of the molecule is c1ccc(-n2c3ccccc3c3cccc(-c4ccc(Nc5cc6ccccc6c6c5oc5ccccc56)cc4)c32)cc1. The largest absolute Gasteiger partial charge is 0.454 e. The number of fused-ring (bicyclic) bond motifs is 8. The zero-order valence-electron chi connectivity index (χ0n) is 23.3. The highest BCUT2D eigenvalue weighted by molar-refractivity contribution is 6.22. The summed E-state index contributed by atoms with van der Waals surface area (Å²) in [5.41, 5.74) is 9.70. The fourth-order valence-electron chi connectivity index (χ4n) is 6.65. The molecule has 3 nitrogen and oxygen atoms in total. The molecule has 0 saturated carbocycles. The van der Waals surface area contributed by atoms with Gasteiger partial charge in [-0.2, -0.15) is 0 Å². The van der Waals surface area contributed by atoms with Gasteiger partial charge in [-0.05, 0) is 58.8 Å². The standard InChI is InChI=1S/C40H26N2O/c1-2-12-29(13-3-1)42-36-19-8-6-15-32(36)33-18-10-17-31(39(33)42)26-21-23-28(24-22-26)41-35-25-27-11-4-5-14-30(27)38-34-16-7-9-20-37(34)43-40(35)38/h1-25,41H. The van der Waals surface area contributed by atoms with Gasteiger partial charge in [0.2, 0.25) is 0 Å². The summed E-state index contributed by atoms with van der Waals surface area (Å²) in [6.45, 7) is 0. The second-order valence-corrected chi connectivity index (χ2v) is 11.0. The normalized spacial score (nSPS) is 11.7. The monoisotopic (exact) mass is 550 g/mol. The quantitative estimate of drug-likeness (QED) is 0.236. The first-order chi connectivity index (χ1) is 21.3. The molecule has 9 aromatic rings. The molecule has 1 N–H and O–H groups in total. The molecule has 202 valence electrons. The van der Waals surface area contributed by atoms with E-state index in [0.29, 0.717) is 0 Å². The molecule has 2 aromatic heterocycles. The third-order valence-electron chi connectivity index (χ3n) is 8.55. The van der Waals surface area contributed by atoms with E-state index in [1.807, 2.05) is 12.1 Å². The van der Waals surface area contributed by atoms with Crippen molar-refractivity contribution in [3.8, 4) is 16.8 Å². The van der Waals surface area contributed by atoms with Crippen LogP contribution in [0.5, 0.6) is 0 Å². The van der Waals surface area contributed by atoms with Gasteiger partial charge >= 0.3 is 0 Å². The highest BCUT2D eigenvalue weighted by Gasteiger charge is 2.17. The molecule has 43 heavy (non-hydrogen) atoms. The Morgan fingerprint density at radius 2 is 1.23 bits per heavy atom. The van der Waals surface area contributed by atoms with Crippen molar-refractivity contribution >= 4 is 65.9 Å². The maximum Gasteiger partial charge on any atom is 0.159 e. The van der Waals surface area contributed by atoms with Crippen LogP contribution in [0.1, 0.15) is 0 Å². The molecule has 0 aliphatic rings. The Hall–Kier alpha value is -5.80. The van der Waals surface area contributed by atoms with E-state index >= 15 is 0 Å². The van der Waals surface area contributed by atoms with Crippen molar-refractivity contribution < 1.29 is 4.42 Å². The molecule has 0 spiro atoms. The second kappa shape index (κ2) is 9.37. The molecular weight excluding hydrogens is 524 g/mol. The van der Waals surface area contributed by atoms with Crippen LogP contribution in [-0.2, 0) is 0 Å². The van der Waals surface area contributed by atoms with E-state index in [-0.39, 0.29) is 0 Å². The first kappa shape index (κ1) is 23.9. The van der Waals surface area contributed by atoms with Crippen LogP contribution >= 0.6 is 0 Å². The summed E-state index contributed by atoms with van der Waals surface area (Å²) in [5, 5.41) is 10.8. The first-order valence-electron chi connectivity index (χ1n) is 14.6. The molecule has 0 saturated heterocycles. The van der Waals surface area contributed by atoms with Crippen molar-refractivity contribution in [2.45, 2.75) is 0 Å². The molecule has 9 rings (SSSR count). The number of anilines is 2. The number of furan rings is 1. The Labute approximate surface area is 248 Å². The van der Waals surface area contributed by atoms with Gasteiger partial charge in [-0.3, -0.25) is 0 Å². The first-order valence-corrected chi connectivity index (χ1v) is 14.6. The van der Waals surface area contributed by atoms with Crippen LogP contribution in [0.2, 0.25) is 0 Å². The average Bonchev–Trinajstić information content (AvgIpc) is 3.63. The van der Waals surface area contributed by atoms with E-state index in [1.54, 1.807) is 0 Å². The number of para-hydroxylation sites is 4. The lowest BCUT2D eigenvalue weighted by molar-refractivity contribution is 0.670. The lowest BCUT2D eigenvalue weighted by atomic mass is 10.0. The lowest BCUT2D eigenvalue weighted by Gasteiger charge is -2.13. The molecule has 0 aliphatic carbocycles. The molecule has 2 heterocycles. The smallest absolute Gasteiger partial charge is 0.159 e. The molecule has 0 unspecified atom stereocenters. The maximum absolute atomic E-state index is 6.42. The van der Waals surface area contributed by atoms with E-state index in [2.05, 4.69) is 149 Å². The number of rotatable bonds is 4. The summed E-state index contributed by atoms with van der Waals surface area (Å²) < 4.78 is 8.81. The number of aromatic nitrogens is 1. The van der Waals surface area contributed by atoms with Crippen LogP contribution in [0.4, 0.5) is 11.4 Å². The third-order valence-corrected chi connectivity index (χ3v) is 8.55. The second-order valence-electron chi connectivity index (χ2n) is 11.0. The van der Waals surface area contributed by atoms with Crippen molar-refractivity contribution in [2.75, 3.05) is 5.32 Å². The van der Waals surface area contributed by atoms with Gasteiger partial charge in [0.1, 0.15) is 5.58 Å². The molecule has 0 aliphatic heterocycles. The predicted molar refractivity (Wildman–Crippen MR) is 181 cm³/mol. The average molecular weight is 551 g/mol. The molecule has 0 radical (unpaired) electrons. The summed E-state index contributed by atoms with van der Waals surface area (Å²) in [7, 11) is 0. The summed E-state index contributed by atoms with van der Waals surface area (Å²) in [6.07, 6.45) is 0. The lowest BCUT2D eigenvalue weighted by Crippen LogP contribution is -1.95. The molecule has 0 bridgehead atoms. The number of hydrogen-bond donors (Lipinski definition) is 1. The van der Waals surface area contributed by atoms with Crippen molar-refractivity contribution in [2.24, 2.45) is 0 Å². The summed E-state index contributed by atoms with van der Waals surface area (Å²) in [5.74, 6) is 0. The van der Waals surface area contributed by atoms with E-state index in [0.717, 1.165) is 39.0 Å². The number of nitrogens with one attached hydrogen (secondary N) is 1. The number of nitrogens with zero attached hydrogens (tertiary/aromatic N) is 1. The van der Waals surface area contributed by atoms with Gasteiger partial charge in [-0.25, -0.2) is 0 Å². The maximum atomic E-state index is 6.42. The van der Waals surface area contributed by atoms with Crippen LogP contribution in [-0.4, -0.2) is 4.57 Å². The Bertz CT molecular complexity index is 2470. The zero-order chi connectivity index (χ0) is 28.3. The fourth-order valence-corrected chi connectivity index (χ4v) is 6.65. The Morgan fingerprint density at radius 3 is 2.09 bits per heavy atom. The Morgan fingerprint density at radius 1 is 0.535 bits per heavy atom. The molecule has 3 heteroatoms. The van der Waals surface area contributed by atoms with E-state index in [4.69, 9.17) is 4.42 Å². The van der Waals surface area contributed by atoms with Gasteiger partial charge < -0.3 is 14.3 Å².